The summed E-state index contributed by atoms with van der Waals surface area (Å²) in [4.78, 5) is 4.02. The first-order valence-corrected chi connectivity index (χ1v) is 6.03. The van der Waals surface area contributed by atoms with E-state index in [-0.39, 0.29) is 0 Å². The average molecular weight is 254 g/mol. The molecule has 0 bridgehead atoms. The zero-order valence-electron chi connectivity index (χ0n) is 10.0. The highest BCUT2D eigenvalue weighted by atomic mass is 19.4. The van der Waals surface area contributed by atoms with E-state index in [1.807, 2.05) is 6.92 Å². The quantitative estimate of drug-likeness (QED) is 0.701. The molecule has 5 heteroatoms. The van der Waals surface area contributed by atoms with Crippen molar-refractivity contribution in [2.75, 3.05) is 0 Å². The molecule has 0 atom stereocenters. The molecule has 1 aliphatic heterocycles. The van der Waals surface area contributed by atoms with Gasteiger partial charge in [0, 0.05) is 23.8 Å². The van der Waals surface area contributed by atoms with Crippen LogP contribution in [0, 0.1) is 6.92 Å². The normalized spacial score (nSPS) is 16.0. The summed E-state index contributed by atoms with van der Waals surface area (Å²) in [5.41, 5.74) is 2.11. The lowest BCUT2D eigenvalue weighted by molar-refractivity contribution is -0.137. The van der Waals surface area contributed by atoms with E-state index >= 15 is 0 Å². The van der Waals surface area contributed by atoms with Crippen molar-refractivity contribution in [3.05, 3.63) is 29.1 Å². The van der Waals surface area contributed by atoms with Crippen LogP contribution in [0.3, 0.4) is 0 Å². The minimum Gasteiger partial charge on any atom is -0.329 e. The molecule has 0 saturated heterocycles. The van der Waals surface area contributed by atoms with Crippen LogP contribution in [-0.4, -0.2) is 9.55 Å². The molecule has 2 aromatic heterocycles. The first kappa shape index (κ1) is 11.6. The summed E-state index contributed by atoms with van der Waals surface area (Å²) in [5.74, 6) is 0. The van der Waals surface area contributed by atoms with Gasteiger partial charge in [-0.1, -0.05) is 0 Å². The summed E-state index contributed by atoms with van der Waals surface area (Å²) in [6.07, 6.45) is -0.286. The molecule has 0 fully saturated rings. The Bertz CT molecular complexity index is 611. The van der Waals surface area contributed by atoms with E-state index in [2.05, 4.69) is 9.55 Å². The Morgan fingerprint density at radius 3 is 2.78 bits per heavy atom. The minimum atomic E-state index is -4.32. The van der Waals surface area contributed by atoms with Crippen LogP contribution in [0.15, 0.2) is 12.3 Å². The number of pyridine rings is 1. The molecule has 3 rings (SSSR count). The van der Waals surface area contributed by atoms with Crippen molar-refractivity contribution in [1.29, 1.82) is 0 Å². The molecule has 18 heavy (non-hydrogen) atoms. The lowest BCUT2D eigenvalue weighted by Crippen LogP contribution is -2.10. The Balaban J connectivity index is 2.26. The Hall–Kier alpha value is -1.52. The molecule has 0 aliphatic carbocycles. The zero-order valence-corrected chi connectivity index (χ0v) is 10.0. The van der Waals surface area contributed by atoms with Gasteiger partial charge in [0.2, 0.25) is 0 Å². The highest BCUT2D eigenvalue weighted by Crippen LogP contribution is 2.34. The SMILES string of the molecule is Cc1c2n(c3ncc(C(F)(F)F)cc13)CCCC2. The third-order valence-electron chi connectivity index (χ3n) is 3.66. The number of hydrogen-bond acceptors (Lipinski definition) is 1. The second kappa shape index (κ2) is 3.73. The van der Waals surface area contributed by atoms with Gasteiger partial charge in [0.05, 0.1) is 5.56 Å². The maximum atomic E-state index is 12.7. The molecular weight excluding hydrogens is 241 g/mol. The van der Waals surface area contributed by atoms with Gasteiger partial charge in [0.25, 0.3) is 0 Å². The van der Waals surface area contributed by atoms with Crippen LogP contribution in [0.25, 0.3) is 11.0 Å². The monoisotopic (exact) mass is 254 g/mol. The van der Waals surface area contributed by atoms with Crippen molar-refractivity contribution in [1.82, 2.24) is 9.55 Å². The van der Waals surface area contributed by atoms with E-state index in [1.54, 1.807) is 0 Å². The van der Waals surface area contributed by atoms with E-state index in [0.29, 0.717) is 11.0 Å². The highest BCUT2D eigenvalue weighted by Gasteiger charge is 2.32. The van der Waals surface area contributed by atoms with Gasteiger partial charge in [-0.2, -0.15) is 13.2 Å². The molecule has 3 heterocycles. The lowest BCUT2D eigenvalue weighted by Gasteiger charge is -2.15. The van der Waals surface area contributed by atoms with Crippen molar-refractivity contribution >= 4 is 11.0 Å². The molecule has 0 spiro atoms. The maximum Gasteiger partial charge on any atom is 0.417 e. The van der Waals surface area contributed by atoms with Gasteiger partial charge >= 0.3 is 6.18 Å². The maximum absolute atomic E-state index is 12.7. The van der Waals surface area contributed by atoms with E-state index < -0.39 is 11.7 Å². The molecule has 96 valence electrons. The third-order valence-corrected chi connectivity index (χ3v) is 3.66. The predicted octanol–water partition coefficient (Wildman–Crippen LogP) is 3.70. The Morgan fingerprint density at radius 2 is 2.06 bits per heavy atom. The average Bonchev–Trinajstić information content (AvgIpc) is 2.63. The topological polar surface area (TPSA) is 17.8 Å². The molecule has 0 amide bonds. The third kappa shape index (κ3) is 1.61. The van der Waals surface area contributed by atoms with Crippen LogP contribution < -0.4 is 0 Å². The van der Waals surface area contributed by atoms with E-state index in [4.69, 9.17) is 0 Å². The van der Waals surface area contributed by atoms with Crippen LogP contribution in [0.1, 0.15) is 29.7 Å². The van der Waals surface area contributed by atoms with Gasteiger partial charge in [-0.15, -0.1) is 0 Å². The zero-order chi connectivity index (χ0) is 12.9. The van der Waals surface area contributed by atoms with Gasteiger partial charge in [-0.25, -0.2) is 4.98 Å². The van der Waals surface area contributed by atoms with Gasteiger partial charge in [-0.05, 0) is 37.8 Å². The number of hydrogen-bond donors (Lipinski definition) is 0. The number of aromatic nitrogens is 2. The van der Waals surface area contributed by atoms with Gasteiger partial charge in [0.15, 0.2) is 0 Å². The number of fused-ring (bicyclic) bond motifs is 3. The molecule has 0 aromatic carbocycles. The fourth-order valence-electron chi connectivity index (χ4n) is 2.72. The van der Waals surface area contributed by atoms with Gasteiger partial charge in [-0.3, -0.25) is 0 Å². The first-order valence-electron chi connectivity index (χ1n) is 6.03. The standard InChI is InChI=1S/C13H13F3N2/c1-8-10-6-9(13(14,15)16)7-17-12(10)18-5-3-2-4-11(8)18/h6-7H,2-5H2,1H3. The predicted molar refractivity (Wildman–Crippen MR) is 62.4 cm³/mol. The summed E-state index contributed by atoms with van der Waals surface area (Å²) in [7, 11) is 0. The lowest BCUT2D eigenvalue weighted by atomic mass is 10.1. The van der Waals surface area contributed by atoms with E-state index in [1.165, 1.54) is 6.07 Å². The number of aryl methyl sites for hydroxylation is 2. The van der Waals surface area contributed by atoms with Crippen LogP contribution in [-0.2, 0) is 19.1 Å². The van der Waals surface area contributed by atoms with Crippen LogP contribution in [0.5, 0.6) is 0 Å². The molecule has 1 aliphatic rings. The molecule has 2 nitrogen and oxygen atoms in total. The van der Waals surface area contributed by atoms with Crippen LogP contribution in [0.4, 0.5) is 13.2 Å². The van der Waals surface area contributed by atoms with E-state index in [9.17, 15) is 13.2 Å². The number of nitrogens with zero attached hydrogens (tertiary/aromatic N) is 2. The number of halogens is 3. The highest BCUT2D eigenvalue weighted by molar-refractivity contribution is 5.82. The van der Waals surface area contributed by atoms with Crippen molar-refractivity contribution in [2.24, 2.45) is 0 Å². The largest absolute Gasteiger partial charge is 0.417 e. The summed E-state index contributed by atoms with van der Waals surface area (Å²) in [6.45, 7) is 2.75. The molecule has 0 saturated carbocycles. The van der Waals surface area contributed by atoms with Gasteiger partial charge in [0.1, 0.15) is 5.65 Å². The van der Waals surface area contributed by atoms with Crippen LogP contribution in [0.2, 0.25) is 0 Å². The van der Waals surface area contributed by atoms with Gasteiger partial charge < -0.3 is 4.57 Å². The Kier molecular flexibility index (Phi) is 2.40. The molecule has 0 radical (unpaired) electrons. The molecule has 2 aromatic rings. The fourth-order valence-corrected chi connectivity index (χ4v) is 2.72. The smallest absolute Gasteiger partial charge is 0.329 e. The molecule has 0 unspecified atom stereocenters. The second-order valence-electron chi connectivity index (χ2n) is 4.77. The number of rotatable bonds is 0. The minimum absolute atomic E-state index is 0.640. The molecule has 0 N–H and O–H groups in total. The van der Waals surface area contributed by atoms with Crippen molar-refractivity contribution in [3.63, 3.8) is 0 Å². The van der Waals surface area contributed by atoms with Crippen molar-refractivity contribution < 1.29 is 13.2 Å². The fraction of sp³-hybridized carbons (Fsp3) is 0.462. The van der Waals surface area contributed by atoms with Crippen LogP contribution >= 0.6 is 0 Å². The first-order chi connectivity index (χ1) is 8.48. The molecular formula is C13H13F3N2. The summed E-state index contributed by atoms with van der Waals surface area (Å²) in [5, 5.41) is 0.640. The Labute approximate surface area is 102 Å². The van der Waals surface area contributed by atoms with Crippen molar-refractivity contribution in [2.45, 2.75) is 38.9 Å². The summed E-state index contributed by atoms with van der Waals surface area (Å²) >= 11 is 0. The number of alkyl halides is 3. The van der Waals surface area contributed by atoms with E-state index in [0.717, 1.165) is 43.3 Å². The second-order valence-corrected chi connectivity index (χ2v) is 4.77. The summed E-state index contributed by atoms with van der Waals surface area (Å²) in [6, 6.07) is 1.23. The summed E-state index contributed by atoms with van der Waals surface area (Å²) < 4.78 is 40.1. The Morgan fingerprint density at radius 1 is 1.28 bits per heavy atom. The van der Waals surface area contributed by atoms with Crippen molar-refractivity contribution in [3.8, 4) is 0 Å².